The van der Waals surface area contributed by atoms with Crippen molar-refractivity contribution in [2.45, 2.75) is 6.54 Å². The number of anilines is 1. The fraction of sp³-hybridized carbons (Fsp3) is 0.0476. The number of aromatic nitrogens is 4. The number of nitrogens with zero attached hydrogens (tertiary/aromatic N) is 3. The minimum absolute atomic E-state index is 0.0309. The van der Waals surface area contributed by atoms with E-state index in [1.54, 1.807) is 35.4 Å². The molecule has 0 aliphatic rings. The Morgan fingerprint density at radius 2 is 1.79 bits per heavy atom. The standard InChI is InChI=1S/C21H17N5O2/c27-20-17(6-7-18(23-20)16-4-2-1-3-5-16)21(28)24-19-10-13-26(25-19)14-15-8-11-22-12-9-15/h1-13H,14H2,(H,23,27)(H,24,25,28). The van der Waals surface area contributed by atoms with Crippen molar-refractivity contribution in [2.75, 3.05) is 5.32 Å². The van der Waals surface area contributed by atoms with Crippen LogP contribution in [0.3, 0.4) is 0 Å². The number of carbonyl (C=O) groups is 1. The van der Waals surface area contributed by atoms with Crippen LogP contribution in [-0.4, -0.2) is 25.7 Å². The van der Waals surface area contributed by atoms with Gasteiger partial charge in [-0.3, -0.25) is 19.3 Å². The van der Waals surface area contributed by atoms with Crippen LogP contribution in [0.2, 0.25) is 0 Å². The summed E-state index contributed by atoms with van der Waals surface area (Å²) in [6, 6.07) is 18.2. The van der Waals surface area contributed by atoms with Gasteiger partial charge in [-0.05, 0) is 35.4 Å². The molecular weight excluding hydrogens is 354 g/mol. The molecule has 0 aliphatic heterocycles. The summed E-state index contributed by atoms with van der Waals surface area (Å²) in [6.07, 6.45) is 5.19. The molecule has 7 nitrogen and oxygen atoms in total. The van der Waals surface area contributed by atoms with Crippen LogP contribution < -0.4 is 10.9 Å². The second-order valence-electron chi connectivity index (χ2n) is 6.19. The number of amides is 1. The van der Waals surface area contributed by atoms with Gasteiger partial charge >= 0.3 is 0 Å². The molecule has 138 valence electrons. The molecule has 0 atom stereocenters. The number of nitrogens with one attached hydrogen (secondary N) is 2. The van der Waals surface area contributed by atoms with Gasteiger partial charge in [0.05, 0.1) is 6.54 Å². The monoisotopic (exact) mass is 371 g/mol. The summed E-state index contributed by atoms with van der Waals surface area (Å²) < 4.78 is 1.70. The quantitative estimate of drug-likeness (QED) is 0.564. The fourth-order valence-electron chi connectivity index (χ4n) is 2.81. The molecule has 0 saturated carbocycles. The Labute approximate surface area is 160 Å². The molecule has 7 heteroatoms. The van der Waals surface area contributed by atoms with E-state index in [-0.39, 0.29) is 5.56 Å². The number of aromatic amines is 1. The first kappa shape index (κ1) is 17.4. The predicted molar refractivity (Wildman–Crippen MR) is 106 cm³/mol. The smallest absolute Gasteiger partial charge is 0.262 e. The van der Waals surface area contributed by atoms with E-state index in [1.807, 2.05) is 42.5 Å². The van der Waals surface area contributed by atoms with Gasteiger partial charge in [0.15, 0.2) is 5.82 Å². The van der Waals surface area contributed by atoms with Crippen LogP contribution in [0, 0.1) is 0 Å². The number of rotatable bonds is 5. The summed E-state index contributed by atoms with van der Waals surface area (Å²) in [5.74, 6) is -0.124. The number of hydrogen-bond acceptors (Lipinski definition) is 4. The van der Waals surface area contributed by atoms with Crippen molar-refractivity contribution in [3.05, 3.63) is 101 Å². The van der Waals surface area contributed by atoms with Crippen molar-refractivity contribution < 1.29 is 4.79 Å². The first-order valence-electron chi connectivity index (χ1n) is 8.71. The van der Waals surface area contributed by atoms with Gasteiger partial charge < -0.3 is 10.3 Å². The third-order valence-corrected chi connectivity index (χ3v) is 4.22. The lowest BCUT2D eigenvalue weighted by Gasteiger charge is -2.05. The van der Waals surface area contributed by atoms with Gasteiger partial charge in [-0.2, -0.15) is 5.10 Å². The molecule has 0 spiro atoms. The summed E-state index contributed by atoms with van der Waals surface area (Å²) in [6.45, 7) is 0.560. The van der Waals surface area contributed by atoms with Crippen LogP contribution in [-0.2, 0) is 6.54 Å². The Morgan fingerprint density at radius 1 is 1.00 bits per heavy atom. The summed E-state index contributed by atoms with van der Waals surface area (Å²) in [5.41, 5.74) is 2.16. The lowest BCUT2D eigenvalue weighted by molar-refractivity contribution is 0.102. The van der Waals surface area contributed by atoms with Crippen molar-refractivity contribution >= 4 is 11.7 Å². The fourth-order valence-corrected chi connectivity index (χ4v) is 2.81. The third kappa shape index (κ3) is 3.88. The molecule has 28 heavy (non-hydrogen) atoms. The van der Waals surface area contributed by atoms with Gasteiger partial charge in [-0.25, -0.2) is 0 Å². The number of benzene rings is 1. The molecule has 0 aliphatic carbocycles. The largest absolute Gasteiger partial charge is 0.321 e. The van der Waals surface area contributed by atoms with E-state index in [9.17, 15) is 9.59 Å². The molecule has 3 heterocycles. The molecule has 1 amide bonds. The predicted octanol–water partition coefficient (Wildman–Crippen LogP) is 2.93. The highest BCUT2D eigenvalue weighted by atomic mass is 16.2. The van der Waals surface area contributed by atoms with Gasteiger partial charge in [0, 0.05) is 30.4 Å². The lowest BCUT2D eigenvalue weighted by Crippen LogP contribution is -2.23. The maximum atomic E-state index is 12.5. The maximum absolute atomic E-state index is 12.5. The average Bonchev–Trinajstić information content (AvgIpc) is 3.16. The molecule has 1 aromatic carbocycles. The molecule has 2 N–H and O–H groups in total. The first-order valence-corrected chi connectivity index (χ1v) is 8.71. The van der Waals surface area contributed by atoms with Gasteiger partial charge in [0.1, 0.15) is 5.56 Å². The number of H-pyrrole nitrogens is 1. The second-order valence-corrected chi connectivity index (χ2v) is 6.19. The van der Waals surface area contributed by atoms with Crippen molar-refractivity contribution in [1.82, 2.24) is 19.7 Å². The highest BCUT2D eigenvalue weighted by molar-refractivity contribution is 6.03. The Bertz CT molecular complexity index is 1150. The van der Waals surface area contributed by atoms with Crippen LogP contribution in [0.15, 0.2) is 84.0 Å². The summed E-state index contributed by atoms with van der Waals surface area (Å²) in [7, 11) is 0. The van der Waals surface area contributed by atoms with Gasteiger partial charge in [0.2, 0.25) is 0 Å². The molecule has 4 aromatic rings. The maximum Gasteiger partial charge on any atom is 0.262 e. The van der Waals surface area contributed by atoms with Crippen molar-refractivity contribution in [1.29, 1.82) is 0 Å². The topological polar surface area (TPSA) is 92.7 Å². The van der Waals surface area contributed by atoms with E-state index in [1.165, 1.54) is 6.07 Å². The third-order valence-electron chi connectivity index (χ3n) is 4.22. The van der Waals surface area contributed by atoms with Crippen LogP contribution in [0.4, 0.5) is 5.82 Å². The molecular formula is C21H17N5O2. The van der Waals surface area contributed by atoms with Gasteiger partial charge in [-0.15, -0.1) is 0 Å². The van der Waals surface area contributed by atoms with E-state index < -0.39 is 11.5 Å². The molecule has 0 saturated heterocycles. The molecule has 0 fully saturated rings. The van der Waals surface area contributed by atoms with Crippen LogP contribution in [0.25, 0.3) is 11.3 Å². The van der Waals surface area contributed by atoms with E-state index in [4.69, 9.17) is 0 Å². The number of carbonyl (C=O) groups excluding carboxylic acids is 1. The van der Waals surface area contributed by atoms with Crippen LogP contribution >= 0.6 is 0 Å². The number of pyridine rings is 2. The normalized spacial score (nSPS) is 10.6. The van der Waals surface area contributed by atoms with Crippen molar-refractivity contribution in [2.24, 2.45) is 0 Å². The zero-order valence-electron chi connectivity index (χ0n) is 14.9. The SMILES string of the molecule is O=C(Nc1ccn(Cc2ccncc2)n1)c1ccc(-c2ccccc2)[nH]c1=O. The van der Waals surface area contributed by atoms with E-state index in [0.29, 0.717) is 18.1 Å². The van der Waals surface area contributed by atoms with Crippen molar-refractivity contribution in [3.8, 4) is 11.3 Å². The molecule has 0 bridgehead atoms. The zero-order valence-corrected chi connectivity index (χ0v) is 14.9. The van der Waals surface area contributed by atoms with Gasteiger partial charge in [0.25, 0.3) is 11.5 Å². The first-order chi connectivity index (χ1) is 13.7. The Kier molecular flexibility index (Phi) is 4.79. The zero-order chi connectivity index (χ0) is 19.3. The number of hydrogen-bond donors (Lipinski definition) is 2. The second kappa shape index (κ2) is 7.71. The van der Waals surface area contributed by atoms with Gasteiger partial charge in [-0.1, -0.05) is 30.3 Å². The summed E-state index contributed by atoms with van der Waals surface area (Å²) in [5, 5.41) is 6.98. The van der Waals surface area contributed by atoms with E-state index in [2.05, 4.69) is 20.4 Å². The minimum atomic E-state index is -0.505. The average molecular weight is 371 g/mol. The Morgan fingerprint density at radius 3 is 2.54 bits per heavy atom. The highest BCUT2D eigenvalue weighted by Gasteiger charge is 2.13. The Hall–Kier alpha value is -4.00. The summed E-state index contributed by atoms with van der Waals surface area (Å²) in [4.78, 5) is 31.5. The van der Waals surface area contributed by atoms with E-state index in [0.717, 1.165) is 11.1 Å². The highest BCUT2D eigenvalue weighted by Crippen LogP contribution is 2.15. The molecule has 3 aromatic heterocycles. The lowest BCUT2D eigenvalue weighted by atomic mass is 10.1. The molecule has 4 rings (SSSR count). The molecule has 0 unspecified atom stereocenters. The molecule has 0 radical (unpaired) electrons. The van der Waals surface area contributed by atoms with Crippen molar-refractivity contribution in [3.63, 3.8) is 0 Å². The van der Waals surface area contributed by atoms with Crippen LogP contribution in [0.5, 0.6) is 0 Å². The Balaban J connectivity index is 1.47. The summed E-state index contributed by atoms with van der Waals surface area (Å²) >= 11 is 0. The van der Waals surface area contributed by atoms with E-state index >= 15 is 0 Å². The minimum Gasteiger partial charge on any atom is -0.321 e. The van der Waals surface area contributed by atoms with Crippen LogP contribution in [0.1, 0.15) is 15.9 Å².